The van der Waals surface area contributed by atoms with Crippen LogP contribution in [0.15, 0.2) is 48.5 Å². The minimum absolute atomic E-state index is 0.121. The quantitative estimate of drug-likeness (QED) is 0.623. The van der Waals surface area contributed by atoms with Crippen LogP contribution in [0.3, 0.4) is 0 Å². The standard InChI is InChI=1S/C23H30N2O4/c1-17(2)15-28-21-6-3-5-19(13-21)25-23(26)14-24-18-8-10-20(11-9-18)29-16-22-7-4-12-27-22/h3,5-6,8-11,13,17,22,24H,4,7,12,14-16H2,1-2H3,(H,25,26). The van der Waals surface area contributed by atoms with Crippen molar-refractivity contribution < 1.29 is 19.0 Å². The van der Waals surface area contributed by atoms with Gasteiger partial charge in [-0.1, -0.05) is 19.9 Å². The van der Waals surface area contributed by atoms with E-state index in [0.717, 1.165) is 42.3 Å². The van der Waals surface area contributed by atoms with Gasteiger partial charge in [-0.2, -0.15) is 0 Å². The van der Waals surface area contributed by atoms with Gasteiger partial charge in [-0.25, -0.2) is 0 Å². The third-order valence-electron chi connectivity index (χ3n) is 4.47. The summed E-state index contributed by atoms with van der Waals surface area (Å²) in [5, 5.41) is 6.00. The Balaban J connectivity index is 1.41. The van der Waals surface area contributed by atoms with E-state index in [0.29, 0.717) is 19.1 Å². The number of rotatable bonds is 10. The summed E-state index contributed by atoms with van der Waals surface area (Å²) < 4.78 is 17.0. The van der Waals surface area contributed by atoms with E-state index in [9.17, 15) is 4.79 Å². The number of carbonyl (C=O) groups excluding carboxylic acids is 1. The van der Waals surface area contributed by atoms with Crippen molar-refractivity contribution >= 4 is 17.3 Å². The van der Waals surface area contributed by atoms with Crippen LogP contribution in [0.25, 0.3) is 0 Å². The van der Waals surface area contributed by atoms with Gasteiger partial charge in [0.1, 0.15) is 18.1 Å². The monoisotopic (exact) mass is 398 g/mol. The molecule has 0 spiro atoms. The number of hydrogen-bond acceptors (Lipinski definition) is 5. The summed E-state index contributed by atoms with van der Waals surface area (Å²) in [4.78, 5) is 12.2. The molecule has 2 aromatic carbocycles. The zero-order chi connectivity index (χ0) is 20.5. The lowest BCUT2D eigenvalue weighted by molar-refractivity contribution is -0.114. The third kappa shape index (κ3) is 7.31. The fourth-order valence-corrected chi connectivity index (χ4v) is 2.95. The molecule has 1 amide bonds. The van der Waals surface area contributed by atoms with Crippen LogP contribution >= 0.6 is 0 Å². The normalized spacial score (nSPS) is 15.9. The van der Waals surface area contributed by atoms with Crippen molar-refractivity contribution in [3.05, 3.63) is 48.5 Å². The van der Waals surface area contributed by atoms with E-state index in [1.807, 2.05) is 48.5 Å². The molecule has 1 fully saturated rings. The van der Waals surface area contributed by atoms with Crippen LogP contribution < -0.4 is 20.1 Å². The molecule has 3 rings (SSSR count). The van der Waals surface area contributed by atoms with E-state index in [4.69, 9.17) is 14.2 Å². The van der Waals surface area contributed by atoms with Gasteiger partial charge in [0.05, 0.1) is 19.3 Å². The smallest absolute Gasteiger partial charge is 0.243 e. The summed E-state index contributed by atoms with van der Waals surface area (Å²) in [5.74, 6) is 1.88. The molecule has 2 aromatic rings. The van der Waals surface area contributed by atoms with E-state index < -0.39 is 0 Å². The van der Waals surface area contributed by atoms with E-state index in [1.54, 1.807) is 0 Å². The summed E-state index contributed by atoms with van der Waals surface area (Å²) >= 11 is 0. The van der Waals surface area contributed by atoms with Crippen LogP contribution in [0.1, 0.15) is 26.7 Å². The number of carbonyl (C=O) groups is 1. The summed E-state index contributed by atoms with van der Waals surface area (Å²) in [7, 11) is 0. The molecule has 6 heteroatoms. The Hall–Kier alpha value is -2.73. The topological polar surface area (TPSA) is 68.8 Å². The number of nitrogens with one attached hydrogen (secondary N) is 2. The highest BCUT2D eigenvalue weighted by atomic mass is 16.5. The minimum Gasteiger partial charge on any atom is -0.493 e. The van der Waals surface area contributed by atoms with Gasteiger partial charge in [-0.15, -0.1) is 0 Å². The molecular formula is C23H30N2O4. The Morgan fingerprint density at radius 3 is 2.66 bits per heavy atom. The lowest BCUT2D eigenvalue weighted by atomic mass is 10.2. The fraction of sp³-hybridized carbons (Fsp3) is 0.435. The van der Waals surface area contributed by atoms with E-state index in [1.165, 1.54) is 0 Å². The molecule has 156 valence electrons. The SMILES string of the molecule is CC(C)COc1cccc(NC(=O)CNc2ccc(OCC3CCCO3)cc2)c1. The number of amides is 1. The van der Waals surface area contributed by atoms with Gasteiger partial charge in [0.15, 0.2) is 0 Å². The van der Waals surface area contributed by atoms with Crippen molar-refractivity contribution in [2.24, 2.45) is 5.92 Å². The van der Waals surface area contributed by atoms with E-state index >= 15 is 0 Å². The van der Waals surface area contributed by atoms with Crippen molar-refractivity contribution in [1.29, 1.82) is 0 Å². The van der Waals surface area contributed by atoms with Crippen molar-refractivity contribution in [2.45, 2.75) is 32.8 Å². The second-order valence-electron chi connectivity index (χ2n) is 7.60. The molecule has 1 heterocycles. The predicted molar refractivity (Wildman–Crippen MR) is 115 cm³/mol. The molecule has 1 atom stereocenters. The molecular weight excluding hydrogens is 368 g/mol. The van der Waals surface area contributed by atoms with Crippen LogP contribution in [-0.4, -0.2) is 38.4 Å². The lowest BCUT2D eigenvalue weighted by Gasteiger charge is -2.13. The molecule has 0 aromatic heterocycles. The molecule has 29 heavy (non-hydrogen) atoms. The Morgan fingerprint density at radius 1 is 1.10 bits per heavy atom. The molecule has 1 unspecified atom stereocenters. The predicted octanol–water partition coefficient (Wildman–Crippen LogP) is 4.33. The van der Waals surface area contributed by atoms with Crippen molar-refractivity contribution in [2.75, 3.05) is 37.0 Å². The van der Waals surface area contributed by atoms with Crippen molar-refractivity contribution in [1.82, 2.24) is 0 Å². The number of benzene rings is 2. The zero-order valence-corrected chi connectivity index (χ0v) is 17.1. The van der Waals surface area contributed by atoms with Crippen LogP contribution in [0.4, 0.5) is 11.4 Å². The third-order valence-corrected chi connectivity index (χ3v) is 4.47. The first-order chi connectivity index (χ1) is 14.1. The van der Waals surface area contributed by atoms with Gasteiger partial charge in [-0.3, -0.25) is 4.79 Å². The van der Waals surface area contributed by atoms with Gasteiger partial charge in [0.2, 0.25) is 5.91 Å². The molecule has 0 saturated carbocycles. The maximum atomic E-state index is 12.2. The van der Waals surface area contributed by atoms with Crippen LogP contribution in [0.2, 0.25) is 0 Å². The Bertz CT molecular complexity index is 771. The van der Waals surface area contributed by atoms with E-state index in [-0.39, 0.29) is 18.6 Å². The summed E-state index contributed by atoms with van der Waals surface area (Å²) in [6, 6.07) is 15.0. The van der Waals surface area contributed by atoms with Gasteiger partial charge in [0, 0.05) is 24.0 Å². The average molecular weight is 399 g/mol. The number of hydrogen-bond donors (Lipinski definition) is 2. The fourth-order valence-electron chi connectivity index (χ4n) is 2.95. The van der Waals surface area contributed by atoms with Crippen molar-refractivity contribution in [3.63, 3.8) is 0 Å². The minimum atomic E-state index is -0.121. The van der Waals surface area contributed by atoms with E-state index in [2.05, 4.69) is 24.5 Å². The van der Waals surface area contributed by atoms with Gasteiger partial charge < -0.3 is 24.8 Å². The molecule has 1 aliphatic rings. The zero-order valence-electron chi connectivity index (χ0n) is 17.1. The van der Waals surface area contributed by atoms with Crippen LogP contribution in [-0.2, 0) is 9.53 Å². The van der Waals surface area contributed by atoms with Crippen LogP contribution in [0.5, 0.6) is 11.5 Å². The maximum absolute atomic E-state index is 12.2. The molecule has 6 nitrogen and oxygen atoms in total. The second kappa shape index (κ2) is 10.7. The van der Waals surface area contributed by atoms with Gasteiger partial charge >= 0.3 is 0 Å². The molecule has 1 saturated heterocycles. The highest BCUT2D eigenvalue weighted by molar-refractivity contribution is 5.93. The number of anilines is 2. The molecule has 2 N–H and O–H groups in total. The molecule has 0 aliphatic carbocycles. The summed E-state index contributed by atoms with van der Waals surface area (Å²) in [6.07, 6.45) is 2.36. The first-order valence-electron chi connectivity index (χ1n) is 10.2. The molecule has 0 radical (unpaired) electrons. The number of ether oxygens (including phenoxy) is 3. The highest BCUT2D eigenvalue weighted by Gasteiger charge is 2.15. The summed E-state index contributed by atoms with van der Waals surface area (Å²) in [6.45, 7) is 6.42. The van der Waals surface area contributed by atoms with Gasteiger partial charge in [0.25, 0.3) is 0 Å². The Morgan fingerprint density at radius 2 is 1.93 bits per heavy atom. The Labute approximate surface area is 172 Å². The Kier molecular flexibility index (Phi) is 7.76. The van der Waals surface area contributed by atoms with Crippen molar-refractivity contribution in [3.8, 4) is 11.5 Å². The maximum Gasteiger partial charge on any atom is 0.243 e. The first-order valence-corrected chi connectivity index (χ1v) is 10.2. The second-order valence-corrected chi connectivity index (χ2v) is 7.60. The lowest BCUT2D eigenvalue weighted by Crippen LogP contribution is -2.21. The summed E-state index contributed by atoms with van der Waals surface area (Å²) in [5.41, 5.74) is 1.58. The average Bonchev–Trinajstić information content (AvgIpc) is 3.24. The highest BCUT2D eigenvalue weighted by Crippen LogP contribution is 2.19. The first kappa shape index (κ1) is 21.0. The van der Waals surface area contributed by atoms with Crippen LogP contribution in [0, 0.1) is 5.92 Å². The molecule has 0 bridgehead atoms. The van der Waals surface area contributed by atoms with Gasteiger partial charge in [-0.05, 0) is 55.2 Å². The largest absolute Gasteiger partial charge is 0.493 e. The molecule has 1 aliphatic heterocycles.